The number of carbonyl (C=O) groups excluding carboxylic acids is 1. The number of aliphatic hydroxyl groups excluding tert-OH is 2. The van der Waals surface area contributed by atoms with E-state index in [0.717, 1.165) is 18.0 Å². The van der Waals surface area contributed by atoms with Crippen molar-refractivity contribution in [1.82, 2.24) is 9.78 Å². The van der Waals surface area contributed by atoms with Gasteiger partial charge in [-0.15, -0.1) is 0 Å². The van der Waals surface area contributed by atoms with Gasteiger partial charge in [0.25, 0.3) is 0 Å². The molecule has 0 amide bonds. The molecule has 0 aliphatic rings. The fourth-order valence-corrected chi connectivity index (χ4v) is 1.78. The average Bonchev–Trinajstić information content (AvgIpc) is 2.77. The Balaban J connectivity index is 2.35. The number of aliphatic hydroxyl groups is 2. The number of nitrogens with zero attached hydrogens (tertiary/aromatic N) is 2. The Bertz CT molecular complexity index is 578. The molecule has 0 radical (unpaired) electrons. The fourth-order valence-electron chi connectivity index (χ4n) is 1.78. The third kappa shape index (κ3) is 2.07. The first-order valence-corrected chi connectivity index (χ1v) is 5.40. The summed E-state index contributed by atoms with van der Waals surface area (Å²) >= 11 is 0. The molecule has 0 fully saturated rings. The minimum absolute atomic E-state index is 0.434. The molecular weight excluding hydrogens is 236 g/mol. The van der Waals surface area contributed by atoms with Crippen molar-refractivity contribution in [3.05, 3.63) is 30.0 Å². The van der Waals surface area contributed by atoms with E-state index in [1.165, 1.54) is 0 Å². The van der Waals surface area contributed by atoms with Gasteiger partial charge in [0.2, 0.25) is 0 Å². The molecule has 2 rings (SSSR count). The maximum atomic E-state index is 11.2. The topological polar surface area (TPSA) is 84.6 Å². The zero-order chi connectivity index (χ0) is 13.3. The molecule has 0 aliphatic carbocycles. The van der Waals surface area contributed by atoms with E-state index in [-0.39, 0.29) is 0 Å². The number of aryl methyl sites for hydroxylation is 1. The first-order chi connectivity index (χ1) is 8.54. The lowest BCUT2D eigenvalue weighted by Crippen LogP contribution is -2.29. The van der Waals surface area contributed by atoms with E-state index in [2.05, 4.69) is 9.84 Å². The smallest absolute Gasteiger partial charge is 0.337 e. The van der Waals surface area contributed by atoms with Crippen LogP contribution in [0.25, 0.3) is 10.9 Å². The van der Waals surface area contributed by atoms with Crippen molar-refractivity contribution in [3.8, 4) is 0 Å². The second-order valence-corrected chi connectivity index (χ2v) is 4.00. The molecule has 0 bridgehead atoms. The van der Waals surface area contributed by atoms with Gasteiger partial charge in [-0.2, -0.15) is 5.10 Å². The summed E-state index contributed by atoms with van der Waals surface area (Å²) < 4.78 is 6.03. The van der Waals surface area contributed by atoms with Crippen molar-refractivity contribution in [3.63, 3.8) is 0 Å². The highest BCUT2D eigenvalue weighted by Crippen LogP contribution is 2.22. The summed E-state index contributed by atoms with van der Waals surface area (Å²) in [5, 5.41) is 24.5. The number of rotatable bonds is 3. The van der Waals surface area contributed by atoms with Crippen molar-refractivity contribution < 1.29 is 19.7 Å². The molecule has 0 aliphatic heterocycles. The Hall–Kier alpha value is -1.92. The summed E-state index contributed by atoms with van der Waals surface area (Å²) in [6.45, 7) is 0. The normalized spacial score (nSPS) is 14.4. The fraction of sp³-hybridized carbons (Fsp3) is 0.333. The highest BCUT2D eigenvalue weighted by molar-refractivity contribution is 5.80. The van der Waals surface area contributed by atoms with Gasteiger partial charge in [0.1, 0.15) is 6.10 Å². The van der Waals surface area contributed by atoms with Crippen LogP contribution in [0.5, 0.6) is 0 Å². The Morgan fingerprint density at radius 3 is 2.83 bits per heavy atom. The molecule has 2 unspecified atom stereocenters. The number of hydrogen-bond donors (Lipinski definition) is 2. The lowest BCUT2D eigenvalue weighted by atomic mass is 10.0. The first-order valence-electron chi connectivity index (χ1n) is 5.40. The lowest BCUT2D eigenvalue weighted by Gasteiger charge is -2.16. The van der Waals surface area contributed by atoms with Gasteiger partial charge in [0.15, 0.2) is 6.10 Å². The third-order valence-electron chi connectivity index (χ3n) is 2.86. The molecule has 1 aromatic carbocycles. The Morgan fingerprint density at radius 1 is 1.44 bits per heavy atom. The summed E-state index contributed by atoms with van der Waals surface area (Å²) in [4.78, 5) is 11.2. The van der Waals surface area contributed by atoms with Crippen LogP contribution in [0.2, 0.25) is 0 Å². The maximum absolute atomic E-state index is 11.2. The van der Waals surface area contributed by atoms with E-state index in [9.17, 15) is 15.0 Å². The summed E-state index contributed by atoms with van der Waals surface area (Å²) in [5.74, 6) is -0.868. The highest BCUT2D eigenvalue weighted by atomic mass is 16.5. The van der Waals surface area contributed by atoms with Gasteiger partial charge in [-0.25, -0.2) is 4.79 Å². The van der Waals surface area contributed by atoms with Crippen LogP contribution in [0.15, 0.2) is 24.4 Å². The van der Waals surface area contributed by atoms with Crippen molar-refractivity contribution >= 4 is 16.9 Å². The SMILES string of the molecule is COC(=O)C(O)C(O)c1ccc2cnn(C)c2c1. The molecule has 1 aromatic heterocycles. The molecule has 2 N–H and O–H groups in total. The van der Waals surface area contributed by atoms with Gasteiger partial charge in [0, 0.05) is 12.4 Å². The summed E-state index contributed by atoms with van der Waals surface area (Å²) in [6.07, 6.45) is -1.22. The molecule has 6 nitrogen and oxygen atoms in total. The molecule has 18 heavy (non-hydrogen) atoms. The van der Waals surface area contributed by atoms with Crippen LogP contribution in [0.4, 0.5) is 0 Å². The summed E-state index contributed by atoms with van der Waals surface area (Å²) in [7, 11) is 2.93. The van der Waals surface area contributed by atoms with Crippen molar-refractivity contribution in [2.24, 2.45) is 7.05 Å². The predicted octanol–water partition coefficient (Wildman–Crippen LogP) is 0.141. The quantitative estimate of drug-likeness (QED) is 0.757. The molecule has 2 atom stereocenters. The van der Waals surface area contributed by atoms with Gasteiger partial charge in [-0.3, -0.25) is 4.68 Å². The van der Waals surface area contributed by atoms with Crippen molar-refractivity contribution in [2.45, 2.75) is 12.2 Å². The number of esters is 1. The van der Waals surface area contributed by atoms with Crippen molar-refractivity contribution in [2.75, 3.05) is 7.11 Å². The number of methoxy groups -OCH3 is 1. The second-order valence-electron chi connectivity index (χ2n) is 4.00. The zero-order valence-electron chi connectivity index (χ0n) is 10.1. The molecule has 0 saturated heterocycles. The highest BCUT2D eigenvalue weighted by Gasteiger charge is 2.26. The number of fused-ring (bicyclic) bond motifs is 1. The summed E-state index contributed by atoms with van der Waals surface area (Å²) in [6, 6.07) is 5.09. The summed E-state index contributed by atoms with van der Waals surface area (Å²) in [5.41, 5.74) is 1.24. The Labute approximate surface area is 103 Å². The molecular formula is C12H14N2O4. The largest absolute Gasteiger partial charge is 0.467 e. The molecule has 0 spiro atoms. The number of hydrogen-bond acceptors (Lipinski definition) is 5. The van der Waals surface area contributed by atoms with Crippen LogP contribution in [0.3, 0.4) is 0 Å². The van der Waals surface area contributed by atoms with Gasteiger partial charge in [0.05, 0.1) is 18.8 Å². The average molecular weight is 250 g/mol. The predicted molar refractivity (Wildman–Crippen MR) is 63.7 cm³/mol. The number of ether oxygens (including phenoxy) is 1. The van der Waals surface area contributed by atoms with Crippen LogP contribution in [-0.4, -0.2) is 39.2 Å². The van der Waals surface area contributed by atoms with Gasteiger partial charge >= 0.3 is 5.97 Å². The second kappa shape index (κ2) is 4.75. The van der Waals surface area contributed by atoms with E-state index >= 15 is 0 Å². The third-order valence-corrected chi connectivity index (χ3v) is 2.86. The lowest BCUT2D eigenvalue weighted by molar-refractivity contribution is -0.156. The van der Waals surface area contributed by atoms with E-state index in [4.69, 9.17) is 0 Å². The Morgan fingerprint density at radius 2 is 2.17 bits per heavy atom. The van der Waals surface area contributed by atoms with E-state index in [0.29, 0.717) is 5.56 Å². The van der Waals surface area contributed by atoms with E-state index in [1.807, 2.05) is 0 Å². The standard InChI is InChI=1S/C12H14N2O4/c1-14-9-5-7(3-4-8(9)6-13-14)10(15)11(16)12(17)18-2/h3-6,10-11,15-16H,1-2H3. The molecule has 96 valence electrons. The van der Waals surface area contributed by atoms with Gasteiger partial charge < -0.3 is 14.9 Å². The van der Waals surface area contributed by atoms with Gasteiger partial charge in [-0.1, -0.05) is 12.1 Å². The minimum atomic E-state index is -1.60. The van der Waals surface area contributed by atoms with Gasteiger partial charge in [-0.05, 0) is 11.6 Å². The van der Waals surface area contributed by atoms with Crippen LogP contribution in [0.1, 0.15) is 11.7 Å². The molecule has 1 heterocycles. The van der Waals surface area contributed by atoms with Crippen LogP contribution in [0, 0.1) is 0 Å². The molecule has 2 aromatic rings. The minimum Gasteiger partial charge on any atom is -0.467 e. The van der Waals surface area contributed by atoms with E-state index < -0.39 is 18.2 Å². The molecule has 6 heteroatoms. The maximum Gasteiger partial charge on any atom is 0.337 e. The number of aromatic nitrogens is 2. The Kier molecular flexibility index (Phi) is 3.31. The monoisotopic (exact) mass is 250 g/mol. The zero-order valence-corrected chi connectivity index (χ0v) is 10.1. The molecule has 0 saturated carbocycles. The van der Waals surface area contributed by atoms with Crippen molar-refractivity contribution in [1.29, 1.82) is 0 Å². The number of carbonyl (C=O) groups is 1. The van der Waals surface area contributed by atoms with Crippen LogP contribution in [-0.2, 0) is 16.6 Å². The van der Waals surface area contributed by atoms with Crippen LogP contribution < -0.4 is 0 Å². The van der Waals surface area contributed by atoms with Crippen LogP contribution >= 0.6 is 0 Å². The first kappa shape index (κ1) is 12.5. The number of benzene rings is 1. The van der Waals surface area contributed by atoms with E-state index in [1.54, 1.807) is 36.1 Å².